The summed E-state index contributed by atoms with van der Waals surface area (Å²) >= 11 is 0. The molecule has 1 amide bonds. The summed E-state index contributed by atoms with van der Waals surface area (Å²) in [5.74, 6) is 1.92. The third-order valence-corrected chi connectivity index (χ3v) is 6.62. The van der Waals surface area contributed by atoms with E-state index in [-0.39, 0.29) is 24.3 Å². The lowest BCUT2D eigenvalue weighted by Gasteiger charge is -2.31. The van der Waals surface area contributed by atoms with Gasteiger partial charge in [-0.2, -0.15) is 0 Å². The van der Waals surface area contributed by atoms with Crippen LogP contribution in [0.2, 0.25) is 0 Å². The SMILES string of the molecule is C[C@H](NC(=O)CON=C1CCC2(CC1)OCCO2)[C@H]1C[C@H]2CC[C@H]1C2. The van der Waals surface area contributed by atoms with Crippen molar-refractivity contribution in [2.75, 3.05) is 19.8 Å². The van der Waals surface area contributed by atoms with Crippen LogP contribution in [0.4, 0.5) is 0 Å². The van der Waals surface area contributed by atoms with Gasteiger partial charge < -0.3 is 19.6 Å². The normalized spacial score (nSPS) is 34.3. The highest BCUT2D eigenvalue weighted by Gasteiger charge is 2.42. The molecule has 1 heterocycles. The number of carbonyl (C=O) groups excluding carboxylic acids is 1. The van der Waals surface area contributed by atoms with Gasteiger partial charge in [0, 0.05) is 18.9 Å². The summed E-state index contributed by atoms with van der Waals surface area (Å²) in [6.07, 6.45) is 8.64. The van der Waals surface area contributed by atoms with E-state index in [4.69, 9.17) is 14.3 Å². The molecule has 3 saturated carbocycles. The first-order valence-corrected chi connectivity index (χ1v) is 9.88. The molecule has 2 bridgehead atoms. The molecular weight excluding hydrogens is 320 g/mol. The van der Waals surface area contributed by atoms with Gasteiger partial charge in [0.05, 0.1) is 18.9 Å². The van der Waals surface area contributed by atoms with Crippen molar-refractivity contribution in [3.63, 3.8) is 0 Å². The molecule has 0 radical (unpaired) electrons. The summed E-state index contributed by atoms with van der Waals surface area (Å²) < 4.78 is 11.4. The molecule has 1 aliphatic heterocycles. The average Bonchev–Trinajstić information content (AvgIpc) is 3.34. The van der Waals surface area contributed by atoms with E-state index in [0.717, 1.165) is 43.2 Å². The highest BCUT2D eigenvalue weighted by Crippen LogP contribution is 2.49. The first-order valence-electron chi connectivity index (χ1n) is 9.88. The Morgan fingerprint density at radius 3 is 2.68 bits per heavy atom. The van der Waals surface area contributed by atoms with Crippen LogP contribution in [0, 0.1) is 17.8 Å². The first-order chi connectivity index (χ1) is 12.1. The highest BCUT2D eigenvalue weighted by atomic mass is 16.7. The van der Waals surface area contributed by atoms with E-state index < -0.39 is 0 Å². The quantitative estimate of drug-likeness (QED) is 0.774. The lowest BCUT2D eigenvalue weighted by atomic mass is 9.84. The molecule has 3 aliphatic carbocycles. The van der Waals surface area contributed by atoms with Gasteiger partial charge in [-0.3, -0.25) is 4.79 Å². The van der Waals surface area contributed by atoms with Gasteiger partial charge in [-0.15, -0.1) is 0 Å². The molecular formula is C19H30N2O4. The minimum absolute atomic E-state index is 0.00674. The number of carbonyl (C=O) groups is 1. The molecule has 6 nitrogen and oxygen atoms in total. The van der Waals surface area contributed by atoms with E-state index >= 15 is 0 Å². The van der Waals surface area contributed by atoms with Gasteiger partial charge in [-0.1, -0.05) is 11.6 Å². The van der Waals surface area contributed by atoms with Gasteiger partial charge in [-0.25, -0.2) is 0 Å². The second-order valence-corrected chi connectivity index (χ2v) is 8.23. The van der Waals surface area contributed by atoms with Crippen molar-refractivity contribution in [1.82, 2.24) is 5.32 Å². The van der Waals surface area contributed by atoms with Gasteiger partial charge in [0.1, 0.15) is 0 Å². The topological polar surface area (TPSA) is 69.2 Å². The fourth-order valence-corrected chi connectivity index (χ4v) is 5.29. The summed E-state index contributed by atoms with van der Waals surface area (Å²) in [4.78, 5) is 17.4. The smallest absolute Gasteiger partial charge is 0.260 e. The van der Waals surface area contributed by atoms with Crippen LogP contribution in [-0.4, -0.2) is 43.3 Å². The molecule has 140 valence electrons. The fourth-order valence-electron chi connectivity index (χ4n) is 5.29. The molecule has 6 heteroatoms. The number of oxime groups is 1. The van der Waals surface area contributed by atoms with Crippen molar-refractivity contribution in [2.45, 2.75) is 70.1 Å². The standard InChI is InChI=1S/C19H30N2O4/c1-13(17-11-14-2-3-15(17)10-14)20-18(22)12-25-21-16-4-6-19(7-5-16)23-8-9-24-19/h13-15,17H,2-12H2,1H3,(H,20,22)/t13-,14-,15-,17+/m0/s1. The number of nitrogens with one attached hydrogen (secondary N) is 1. The summed E-state index contributed by atoms with van der Waals surface area (Å²) in [6, 6.07) is 0.241. The number of rotatable bonds is 5. The van der Waals surface area contributed by atoms with Gasteiger partial charge in [0.15, 0.2) is 12.4 Å². The Morgan fingerprint density at radius 1 is 1.28 bits per heavy atom. The Kier molecular flexibility index (Phi) is 5.00. The molecule has 4 fully saturated rings. The number of hydrogen-bond acceptors (Lipinski definition) is 5. The van der Waals surface area contributed by atoms with E-state index in [1.54, 1.807) is 0 Å². The van der Waals surface area contributed by atoms with E-state index in [0.29, 0.717) is 19.1 Å². The third-order valence-electron chi connectivity index (χ3n) is 6.62. The minimum atomic E-state index is -0.382. The number of ether oxygens (including phenoxy) is 2. The summed E-state index contributed by atoms with van der Waals surface area (Å²) in [5, 5.41) is 7.28. The monoisotopic (exact) mass is 350 g/mol. The second-order valence-electron chi connectivity index (χ2n) is 8.23. The number of amides is 1. The maximum absolute atomic E-state index is 12.1. The van der Waals surface area contributed by atoms with Crippen LogP contribution in [0.3, 0.4) is 0 Å². The highest BCUT2D eigenvalue weighted by molar-refractivity contribution is 5.85. The predicted molar refractivity (Wildman–Crippen MR) is 93.0 cm³/mol. The van der Waals surface area contributed by atoms with Crippen molar-refractivity contribution >= 4 is 11.6 Å². The molecule has 4 atom stereocenters. The van der Waals surface area contributed by atoms with Crippen LogP contribution in [0.15, 0.2) is 5.16 Å². The molecule has 1 N–H and O–H groups in total. The first kappa shape index (κ1) is 17.3. The Hall–Kier alpha value is -1.14. The molecule has 0 aromatic heterocycles. The van der Waals surface area contributed by atoms with E-state index in [9.17, 15) is 4.79 Å². The molecule has 0 aromatic rings. The van der Waals surface area contributed by atoms with Crippen LogP contribution in [0.25, 0.3) is 0 Å². The largest absolute Gasteiger partial charge is 0.386 e. The van der Waals surface area contributed by atoms with Crippen molar-refractivity contribution in [1.29, 1.82) is 0 Å². The zero-order chi connectivity index (χ0) is 17.3. The fraction of sp³-hybridized carbons (Fsp3) is 0.895. The van der Waals surface area contributed by atoms with Gasteiger partial charge >= 0.3 is 0 Å². The number of fused-ring (bicyclic) bond motifs is 2. The number of nitrogens with zero attached hydrogens (tertiary/aromatic N) is 1. The van der Waals surface area contributed by atoms with Crippen molar-refractivity contribution in [3.05, 3.63) is 0 Å². The molecule has 1 spiro atoms. The molecule has 4 rings (SSSR count). The van der Waals surface area contributed by atoms with Crippen LogP contribution in [0.1, 0.15) is 58.3 Å². The zero-order valence-electron chi connectivity index (χ0n) is 15.2. The Bertz CT molecular complexity index is 518. The van der Waals surface area contributed by atoms with Crippen LogP contribution < -0.4 is 5.32 Å². The van der Waals surface area contributed by atoms with E-state index in [1.807, 2.05) is 0 Å². The molecule has 0 unspecified atom stereocenters. The Labute approximate surface area is 149 Å². The van der Waals surface area contributed by atoms with Crippen molar-refractivity contribution < 1.29 is 19.1 Å². The van der Waals surface area contributed by atoms with Crippen LogP contribution in [0.5, 0.6) is 0 Å². The molecule has 0 aromatic carbocycles. The maximum Gasteiger partial charge on any atom is 0.260 e. The second kappa shape index (κ2) is 7.23. The third kappa shape index (κ3) is 3.85. The zero-order valence-corrected chi connectivity index (χ0v) is 15.2. The van der Waals surface area contributed by atoms with Crippen LogP contribution >= 0.6 is 0 Å². The number of hydrogen-bond donors (Lipinski definition) is 1. The average molecular weight is 350 g/mol. The molecule has 1 saturated heterocycles. The summed E-state index contributed by atoms with van der Waals surface area (Å²) in [7, 11) is 0. The predicted octanol–water partition coefficient (Wildman–Crippen LogP) is 2.62. The lowest BCUT2D eigenvalue weighted by Crippen LogP contribution is -2.41. The van der Waals surface area contributed by atoms with E-state index in [2.05, 4.69) is 17.4 Å². The Balaban J connectivity index is 1.16. The molecule has 4 aliphatic rings. The van der Waals surface area contributed by atoms with Gasteiger partial charge in [0.25, 0.3) is 5.91 Å². The molecule has 25 heavy (non-hydrogen) atoms. The Morgan fingerprint density at radius 2 is 2.04 bits per heavy atom. The van der Waals surface area contributed by atoms with Crippen molar-refractivity contribution in [3.8, 4) is 0 Å². The lowest BCUT2D eigenvalue weighted by molar-refractivity contribution is -0.168. The van der Waals surface area contributed by atoms with E-state index in [1.165, 1.54) is 25.7 Å². The van der Waals surface area contributed by atoms with Crippen LogP contribution in [-0.2, 0) is 19.1 Å². The maximum atomic E-state index is 12.1. The minimum Gasteiger partial charge on any atom is -0.386 e. The van der Waals surface area contributed by atoms with Crippen molar-refractivity contribution in [2.24, 2.45) is 22.9 Å². The van der Waals surface area contributed by atoms with Gasteiger partial charge in [0.2, 0.25) is 0 Å². The summed E-state index contributed by atoms with van der Waals surface area (Å²) in [5.41, 5.74) is 0.999. The summed E-state index contributed by atoms with van der Waals surface area (Å²) in [6.45, 7) is 3.51. The van der Waals surface area contributed by atoms with Gasteiger partial charge in [-0.05, 0) is 56.8 Å².